The molecule has 2 aromatic carbocycles. The molecule has 4 aliphatic carbocycles. The van der Waals surface area contributed by atoms with E-state index < -0.39 is 23.7 Å². The number of hydrogen-bond donors (Lipinski definition) is 2. The van der Waals surface area contributed by atoms with Crippen LogP contribution in [0.25, 0.3) is 0 Å². The fraction of sp³-hybridized carbons (Fsp3) is 0.308. The van der Waals surface area contributed by atoms with Crippen LogP contribution < -0.4 is 9.80 Å². The SMILES string of the molecule is O=C1[C@@H]2[C@H]3C=C[C@@H]([C@@H]2C(=O)N1c1ccccc1O)[C@@H]1[C@@H]2C(=O)N(c4ccccc4O)C(=O)[C@@H]2[C@H]31. The molecule has 2 N–H and O–H groups in total. The molecule has 34 heavy (non-hydrogen) atoms. The van der Waals surface area contributed by atoms with Gasteiger partial charge in [-0.3, -0.25) is 19.2 Å². The standard InChI is InChI=1S/C26H20N2O6/c29-15-7-3-1-5-13(15)27-23(31)19-11-9-10-12(20(19)24(27)32)18-17(11)21-22(18)26(34)28(25(21)33)14-6-2-4-8-16(14)30/h1-12,17-22,29-30H/t11-,12+,17+,18-,19+,20-,21+,22-. The van der Waals surface area contributed by atoms with Crippen LogP contribution in [0.2, 0.25) is 0 Å². The van der Waals surface area contributed by atoms with E-state index in [1.54, 1.807) is 36.4 Å². The van der Waals surface area contributed by atoms with Crippen molar-refractivity contribution in [3.05, 3.63) is 60.7 Å². The van der Waals surface area contributed by atoms with Crippen molar-refractivity contribution in [3.63, 3.8) is 0 Å². The second kappa shape index (κ2) is 6.34. The summed E-state index contributed by atoms with van der Waals surface area (Å²) in [5.41, 5.74) is 0.332. The summed E-state index contributed by atoms with van der Waals surface area (Å²) in [6, 6.07) is 12.5. The first-order valence-corrected chi connectivity index (χ1v) is 11.4. The molecule has 170 valence electrons. The van der Waals surface area contributed by atoms with E-state index in [1.165, 1.54) is 12.1 Å². The molecule has 2 aromatic rings. The minimum absolute atomic E-state index is 0.143. The van der Waals surface area contributed by atoms with Gasteiger partial charge in [0.2, 0.25) is 23.6 Å². The quantitative estimate of drug-likeness (QED) is 0.528. The molecule has 8 rings (SSSR count). The molecule has 0 spiro atoms. The third-order valence-corrected chi connectivity index (χ3v) is 8.59. The molecule has 4 amide bonds. The summed E-state index contributed by atoms with van der Waals surface area (Å²) in [6.07, 6.45) is 3.87. The van der Waals surface area contributed by atoms with Crippen molar-refractivity contribution in [2.75, 3.05) is 9.80 Å². The van der Waals surface area contributed by atoms with Gasteiger partial charge in [0, 0.05) is 0 Å². The highest BCUT2D eigenvalue weighted by molar-refractivity contribution is 6.25. The Hall–Kier alpha value is -3.94. The predicted molar refractivity (Wildman–Crippen MR) is 118 cm³/mol. The summed E-state index contributed by atoms with van der Waals surface area (Å²) in [7, 11) is 0. The third kappa shape index (κ3) is 2.09. The molecule has 8 nitrogen and oxygen atoms in total. The van der Waals surface area contributed by atoms with Gasteiger partial charge in [-0.1, -0.05) is 36.4 Å². The molecular formula is C26H20N2O6. The molecule has 0 aromatic heterocycles. The fourth-order valence-electron chi connectivity index (χ4n) is 7.38. The maximum absolute atomic E-state index is 13.5. The van der Waals surface area contributed by atoms with Crippen LogP contribution >= 0.6 is 0 Å². The van der Waals surface area contributed by atoms with Gasteiger partial charge in [-0.2, -0.15) is 0 Å². The summed E-state index contributed by atoms with van der Waals surface area (Å²) in [4.78, 5) is 56.0. The van der Waals surface area contributed by atoms with Gasteiger partial charge >= 0.3 is 0 Å². The van der Waals surface area contributed by atoms with Gasteiger partial charge in [0.25, 0.3) is 0 Å². The Morgan fingerprint density at radius 3 is 1.26 bits per heavy atom. The Morgan fingerprint density at radius 1 is 0.529 bits per heavy atom. The Balaban J connectivity index is 1.27. The van der Waals surface area contributed by atoms with Crippen LogP contribution in [0.4, 0.5) is 11.4 Å². The van der Waals surface area contributed by atoms with E-state index in [0.717, 1.165) is 9.80 Å². The van der Waals surface area contributed by atoms with Crippen LogP contribution in [0.3, 0.4) is 0 Å². The first kappa shape index (κ1) is 19.5. The number of anilines is 2. The van der Waals surface area contributed by atoms with E-state index in [0.29, 0.717) is 0 Å². The van der Waals surface area contributed by atoms with Crippen molar-refractivity contribution >= 4 is 35.0 Å². The van der Waals surface area contributed by atoms with E-state index in [-0.39, 0.29) is 70.2 Å². The lowest BCUT2D eigenvalue weighted by Crippen LogP contribution is -2.63. The molecule has 0 unspecified atom stereocenters. The fourth-order valence-corrected chi connectivity index (χ4v) is 7.38. The van der Waals surface area contributed by atoms with Crippen molar-refractivity contribution in [2.24, 2.45) is 47.3 Å². The Kier molecular flexibility index (Phi) is 3.64. The minimum Gasteiger partial charge on any atom is -0.506 e. The van der Waals surface area contributed by atoms with Gasteiger partial charge in [-0.05, 0) is 47.9 Å². The van der Waals surface area contributed by atoms with Crippen molar-refractivity contribution < 1.29 is 29.4 Å². The molecule has 2 aliphatic heterocycles. The number of allylic oxidation sites excluding steroid dienone is 2. The second-order valence-corrected chi connectivity index (χ2v) is 9.80. The van der Waals surface area contributed by atoms with Gasteiger partial charge in [-0.15, -0.1) is 0 Å². The number of phenols is 2. The Morgan fingerprint density at radius 2 is 0.882 bits per heavy atom. The molecule has 8 atom stereocenters. The maximum Gasteiger partial charge on any atom is 0.238 e. The number of imide groups is 2. The lowest BCUT2D eigenvalue weighted by molar-refractivity contribution is -0.166. The van der Waals surface area contributed by atoms with E-state index in [4.69, 9.17) is 0 Å². The van der Waals surface area contributed by atoms with Crippen molar-refractivity contribution in [1.82, 2.24) is 0 Å². The van der Waals surface area contributed by atoms with Gasteiger partial charge in [0.15, 0.2) is 0 Å². The lowest BCUT2D eigenvalue weighted by Gasteiger charge is -2.60. The van der Waals surface area contributed by atoms with Crippen LogP contribution in [0.1, 0.15) is 0 Å². The van der Waals surface area contributed by atoms with Crippen molar-refractivity contribution in [3.8, 4) is 11.5 Å². The number of nitrogens with zero attached hydrogens (tertiary/aromatic N) is 2. The maximum atomic E-state index is 13.5. The molecule has 2 heterocycles. The summed E-state index contributed by atoms with van der Waals surface area (Å²) in [6.45, 7) is 0. The van der Waals surface area contributed by atoms with E-state index in [9.17, 15) is 29.4 Å². The first-order chi connectivity index (χ1) is 16.4. The van der Waals surface area contributed by atoms with Crippen LogP contribution in [-0.2, 0) is 19.2 Å². The number of benzene rings is 2. The summed E-state index contributed by atoms with van der Waals surface area (Å²) in [5.74, 6) is -5.23. The topological polar surface area (TPSA) is 115 Å². The molecule has 2 saturated carbocycles. The van der Waals surface area contributed by atoms with E-state index >= 15 is 0 Å². The number of aromatic hydroxyl groups is 2. The molecule has 0 radical (unpaired) electrons. The number of phenolic OH excluding ortho intramolecular Hbond substituents is 2. The molecule has 6 aliphatic rings. The number of para-hydroxylation sites is 4. The minimum atomic E-state index is -0.619. The number of carbonyl (C=O) groups excluding carboxylic acids is 4. The van der Waals surface area contributed by atoms with Crippen molar-refractivity contribution in [2.45, 2.75) is 0 Å². The largest absolute Gasteiger partial charge is 0.506 e. The number of hydrogen-bond acceptors (Lipinski definition) is 6. The first-order valence-electron chi connectivity index (χ1n) is 11.4. The van der Waals surface area contributed by atoms with Gasteiger partial charge in [-0.25, -0.2) is 9.80 Å². The van der Waals surface area contributed by atoms with Gasteiger partial charge in [0.05, 0.1) is 35.0 Å². The Bertz CT molecular complexity index is 1290. The summed E-state index contributed by atoms with van der Waals surface area (Å²) >= 11 is 0. The molecular weight excluding hydrogens is 436 g/mol. The third-order valence-electron chi connectivity index (χ3n) is 8.59. The summed E-state index contributed by atoms with van der Waals surface area (Å²) in [5, 5.41) is 20.5. The number of rotatable bonds is 2. The smallest absolute Gasteiger partial charge is 0.238 e. The monoisotopic (exact) mass is 456 g/mol. The number of amides is 4. The average molecular weight is 456 g/mol. The zero-order chi connectivity index (χ0) is 23.5. The number of carbonyl (C=O) groups is 4. The van der Waals surface area contributed by atoms with Crippen LogP contribution in [0.15, 0.2) is 60.7 Å². The van der Waals surface area contributed by atoms with Crippen molar-refractivity contribution in [1.29, 1.82) is 0 Å². The molecule has 4 fully saturated rings. The lowest BCUT2D eigenvalue weighted by atomic mass is 9.40. The van der Waals surface area contributed by atoms with E-state index in [2.05, 4.69) is 0 Å². The van der Waals surface area contributed by atoms with Gasteiger partial charge in [0.1, 0.15) is 11.5 Å². The normalized spacial score (nSPS) is 37.1. The highest BCUT2D eigenvalue weighted by Crippen LogP contribution is 2.68. The van der Waals surface area contributed by atoms with E-state index in [1.807, 2.05) is 12.2 Å². The number of fused-ring (bicyclic) bond motifs is 1. The van der Waals surface area contributed by atoms with Crippen LogP contribution in [0.5, 0.6) is 11.5 Å². The predicted octanol–water partition coefficient (Wildman–Crippen LogP) is 2.07. The average Bonchev–Trinajstić information content (AvgIpc) is 3.19. The Labute approximate surface area is 194 Å². The molecule has 8 heteroatoms. The van der Waals surface area contributed by atoms with Crippen LogP contribution in [-0.4, -0.2) is 33.8 Å². The molecule has 2 bridgehead atoms. The highest BCUT2D eigenvalue weighted by Gasteiger charge is 2.75. The van der Waals surface area contributed by atoms with Crippen LogP contribution in [0, 0.1) is 47.3 Å². The summed E-state index contributed by atoms with van der Waals surface area (Å²) < 4.78 is 0. The zero-order valence-electron chi connectivity index (χ0n) is 17.8. The highest BCUT2D eigenvalue weighted by atomic mass is 16.3. The van der Waals surface area contributed by atoms with Gasteiger partial charge < -0.3 is 10.2 Å². The molecule has 2 saturated heterocycles. The second-order valence-electron chi connectivity index (χ2n) is 9.80. The zero-order valence-corrected chi connectivity index (χ0v) is 17.8.